The summed E-state index contributed by atoms with van der Waals surface area (Å²) in [5.74, 6) is -1.96. The molecule has 2 aromatic heterocycles. The molecule has 1 N–H and O–H groups in total. The van der Waals surface area contributed by atoms with Crippen molar-refractivity contribution in [3.63, 3.8) is 0 Å². The summed E-state index contributed by atoms with van der Waals surface area (Å²) in [5.41, 5.74) is -1.13. The van der Waals surface area contributed by atoms with Gasteiger partial charge in [0.05, 0.1) is 12.1 Å². The van der Waals surface area contributed by atoms with Crippen LogP contribution in [0.5, 0.6) is 5.75 Å². The Morgan fingerprint density at radius 1 is 1.15 bits per heavy atom. The van der Waals surface area contributed by atoms with Crippen LogP contribution in [0.25, 0.3) is 5.52 Å². The third-order valence-electron chi connectivity index (χ3n) is 4.14. The fourth-order valence-electron chi connectivity index (χ4n) is 2.70. The van der Waals surface area contributed by atoms with Gasteiger partial charge in [0.15, 0.2) is 17.0 Å². The lowest BCUT2D eigenvalue weighted by Gasteiger charge is -2.11. The third kappa shape index (κ3) is 3.03. The Morgan fingerprint density at radius 3 is 2.42 bits per heavy atom. The molecular formula is C19H17FN2O4. The van der Waals surface area contributed by atoms with Crippen LogP contribution in [0.4, 0.5) is 4.39 Å². The van der Waals surface area contributed by atoms with Gasteiger partial charge in [0.25, 0.3) is 5.56 Å². The maximum Gasteiger partial charge on any atom is 0.279 e. The highest BCUT2D eigenvalue weighted by Crippen LogP contribution is 2.14. The molecule has 0 spiro atoms. The van der Waals surface area contributed by atoms with Gasteiger partial charge in [0, 0.05) is 24.5 Å². The van der Waals surface area contributed by atoms with E-state index < -0.39 is 28.4 Å². The molecular weight excluding hydrogens is 339 g/mol. The predicted octanol–water partition coefficient (Wildman–Crippen LogP) is 2.19. The Kier molecular flexibility index (Phi) is 4.46. The van der Waals surface area contributed by atoms with Gasteiger partial charge in [-0.05, 0) is 17.7 Å². The molecule has 0 aliphatic rings. The number of nitrogens with zero attached hydrogens (tertiary/aromatic N) is 2. The van der Waals surface area contributed by atoms with Gasteiger partial charge in [0.1, 0.15) is 5.82 Å². The van der Waals surface area contributed by atoms with Gasteiger partial charge in [-0.3, -0.25) is 14.4 Å². The molecule has 0 unspecified atom stereocenters. The van der Waals surface area contributed by atoms with Crippen molar-refractivity contribution in [2.75, 3.05) is 0 Å². The largest absolute Gasteiger partial charge is 0.503 e. The maximum atomic E-state index is 13.0. The van der Waals surface area contributed by atoms with Crippen molar-refractivity contribution in [2.24, 2.45) is 5.92 Å². The molecule has 0 bridgehead atoms. The van der Waals surface area contributed by atoms with Crippen LogP contribution in [-0.2, 0) is 6.54 Å². The lowest BCUT2D eigenvalue weighted by atomic mass is 10.0. The zero-order valence-electron chi connectivity index (χ0n) is 14.3. The Hall–Kier alpha value is -3.22. The van der Waals surface area contributed by atoms with Gasteiger partial charge < -0.3 is 14.1 Å². The maximum absolute atomic E-state index is 13.0. The van der Waals surface area contributed by atoms with Crippen LogP contribution in [-0.4, -0.2) is 19.9 Å². The average Bonchev–Trinajstić information content (AvgIpc) is 2.61. The molecule has 7 heteroatoms. The summed E-state index contributed by atoms with van der Waals surface area (Å²) in [6.07, 6.45) is 4.23. The van der Waals surface area contributed by atoms with Gasteiger partial charge in [-0.1, -0.05) is 26.0 Å². The Morgan fingerprint density at radius 2 is 1.81 bits per heavy atom. The van der Waals surface area contributed by atoms with Crippen molar-refractivity contribution in [3.8, 4) is 5.75 Å². The predicted molar refractivity (Wildman–Crippen MR) is 94.3 cm³/mol. The van der Waals surface area contributed by atoms with Gasteiger partial charge in [-0.15, -0.1) is 0 Å². The van der Waals surface area contributed by atoms with Crippen LogP contribution in [0.2, 0.25) is 0 Å². The van der Waals surface area contributed by atoms with Crippen LogP contribution >= 0.6 is 0 Å². The van der Waals surface area contributed by atoms with Crippen molar-refractivity contribution in [1.82, 2.24) is 8.97 Å². The number of carbonyl (C=O) groups excluding carboxylic acids is 1. The van der Waals surface area contributed by atoms with Crippen molar-refractivity contribution >= 4 is 11.3 Å². The van der Waals surface area contributed by atoms with E-state index in [1.54, 1.807) is 26.0 Å². The number of ketones is 1. The van der Waals surface area contributed by atoms with Crippen molar-refractivity contribution < 1.29 is 14.3 Å². The zero-order chi connectivity index (χ0) is 19.0. The van der Waals surface area contributed by atoms with Crippen LogP contribution in [0.1, 0.15) is 29.8 Å². The van der Waals surface area contributed by atoms with E-state index >= 15 is 0 Å². The van der Waals surface area contributed by atoms with E-state index in [4.69, 9.17) is 0 Å². The molecule has 2 heterocycles. The smallest absolute Gasteiger partial charge is 0.279 e. The van der Waals surface area contributed by atoms with E-state index in [0.29, 0.717) is 5.56 Å². The normalized spacial score (nSPS) is 11.2. The van der Waals surface area contributed by atoms with Crippen molar-refractivity contribution in [1.29, 1.82) is 0 Å². The van der Waals surface area contributed by atoms with Crippen LogP contribution in [0, 0.1) is 11.7 Å². The van der Waals surface area contributed by atoms with Crippen LogP contribution < -0.4 is 11.0 Å². The first-order chi connectivity index (χ1) is 12.3. The highest BCUT2D eigenvalue weighted by Gasteiger charge is 2.20. The molecule has 0 aliphatic heterocycles. The van der Waals surface area contributed by atoms with E-state index in [1.807, 2.05) is 0 Å². The summed E-state index contributed by atoms with van der Waals surface area (Å²) in [6.45, 7) is 3.44. The molecule has 3 rings (SSSR count). The number of hydrogen-bond donors (Lipinski definition) is 1. The van der Waals surface area contributed by atoms with Crippen molar-refractivity contribution in [2.45, 2.75) is 20.4 Å². The van der Waals surface area contributed by atoms with Gasteiger partial charge >= 0.3 is 0 Å². The molecule has 26 heavy (non-hydrogen) atoms. The number of aromatic nitrogens is 2. The van der Waals surface area contributed by atoms with Gasteiger partial charge in [-0.2, -0.15) is 0 Å². The number of aromatic hydroxyl groups is 1. The molecule has 134 valence electrons. The number of benzene rings is 1. The van der Waals surface area contributed by atoms with E-state index in [-0.39, 0.29) is 23.4 Å². The minimum atomic E-state index is -0.861. The minimum absolute atomic E-state index is 0.149. The zero-order valence-corrected chi connectivity index (χ0v) is 14.3. The highest BCUT2D eigenvalue weighted by atomic mass is 19.1. The van der Waals surface area contributed by atoms with Crippen LogP contribution in [0.3, 0.4) is 0 Å². The van der Waals surface area contributed by atoms with Crippen molar-refractivity contribution in [3.05, 3.63) is 80.4 Å². The van der Waals surface area contributed by atoms with E-state index in [2.05, 4.69) is 0 Å². The lowest BCUT2D eigenvalue weighted by molar-refractivity contribution is 0.0937. The second-order valence-electron chi connectivity index (χ2n) is 6.35. The number of carbonyl (C=O) groups is 1. The number of pyridine rings is 1. The molecule has 0 atom stereocenters. The molecule has 6 nitrogen and oxygen atoms in total. The first kappa shape index (κ1) is 17.6. The quantitative estimate of drug-likeness (QED) is 0.727. The monoisotopic (exact) mass is 356 g/mol. The molecule has 0 fully saturated rings. The summed E-state index contributed by atoms with van der Waals surface area (Å²) in [4.78, 5) is 37.1. The lowest BCUT2D eigenvalue weighted by Crippen LogP contribution is -2.27. The Labute approximate surface area is 147 Å². The SMILES string of the molecule is CC(C)C(=O)c1cn2ccn(Cc3ccc(F)cc3)c(=O)c2c(O)c1=O. The number of hydrogen-bond acceptors (Lipinski definition) is 4. The number of rotatable bonds is 4. The summed E-state index contributed by atoms with van der Waals surface area (Å²) in [6, 6.07) is 5.66. The first-order valence-electron chi connectivity index (χ1n) is 8.05. The number of Topliss-reactive ketones (excluding diaryl/α,β-unsaturated/α-hetero) is 1. The second kappa shape index (κ2) is 6.59. The Bertz CT molecular complexity index is 1110. The van der Waals surface area contributed by atoms with Crippen LogP contribution in [0.15, 0.2) is 52.4 Å². The fourth-order valence-corrected chi connectivity index (χ4v) is 2.70. The summed E-state index contributed by atoms with van der Waals surface area (Å²) in [7, 11) is 0. The highest BCUT2D eigenvalue weighted by molar-refractivity contribution is 5.98. The molecule has 0 aliphatic carbocycles. The average molecular weight is 356 g/mol. The van der Waals surface area contributed by atoms with E-state index in [9.17, 15) is 23.9 Å². The third-order valence-corrected chi connectivity index (χ3v) is 4.14. The first-order valence-corrected chi connectivity index (χ1v) is 8.05. The number of fused-ring (bicyclic) bond motifs is 1. The fraction of sp³-hybridized carbons (Fsp3) is 0.211. The topological polar surface area (TPSA) is 80.8 Å². The second-order valence-corrected chi connectivity index (χ2v) is 6.35. The molecule has 0 amide bonds. The van der Waals surface area contributed by atoms with E-state index in [0.717, 1.165) is 0 Å². The summed E-state index contributed by atoms with van der Waals surface area (Å²) in [5, 5.41) is 10.2. The molecule has 1 aromatic carbocycles. The van der Waals surface area contributed by atoms with Gasteiger partial charge in [0.2, 0.25) is 5.43 Å². The number of halogens is 1. The molecule has 0 saturated heterocycles. The Balaban J connectivity index is 2.15. The summed E-state index contributed by atoms with van der Waals surface area (Å²) >= 11 is 0. The standard InChI is InChI=1S/C19H17FN2O4/c1-11(2)16(23)14-10-21-7-8-22(9-12-3-5-13(20)6-4-12)19(26)15(21)18(25)17(14)24/h3-8,10-11,25H,9H2,1-2H3. The minimum Gasteiger partial charge on any atom is -0.503 e. The molecule has 0 saturated carbocycles. The molecule has 3 aromatic rings. The summed E-state index contributed by atoms with van der Waals surface area (Å²) < 4.78 is 15.6. The van der Waals surface area contributed by atoms with E-state index in [1.165, 1.54) is 39.7 Å². The molecule has 0 radical (unpaired) electrons. The van der Waals surface area contributed by atoms with Gasteiger partial charge in [-0.25, -0.2) is 4.39 Å².